The predicted molar refractivity (Wildman–Crippen MR) is 116 cm³/mol. The van der Waals surface area contributed by atoms with Gasteiger partial charge in [0.2, 0.25) is 0 Å². The minimum absolute atomic E-state index is 0.223. The van der Waals surface area contributed by atoms with Crippen LogP contribution in [0, 0.1) is 0 Å². The van der Waals surface area contributed by atoms with Crippen molar-refractivity contribution in [2.24, 2.45) is 5.10 Å². The second kappa shape index (κ2) is 11.8. The first-order valence-corrected chi connectivity index (χ1v) is 9.74. The molecule has 0 spiro atoms. The second-order valence-electron chi connectivity index (χ2n) is 5.96. The minimum atomic E-state index is -0.842. The molecule has 2 aromatic carbocycles. The quantitative estimate of drug-likeness (QED) is 0.326. The number of halogens is 2. The molecule has 0 aliphatic carbocycles. The third-order valence-corrected chi connectivity index (χ3v) is 4.42. The third-order valence-electron chi connectivity index (χ3n) is 3.60. The number of anilines is 1. The van der Waals surface area contributed by atoms with E-state index in [1.165, 1.54) is 6.21 Å². The van der Waals surface area contributed by atoms with Crippen LogP contribution >= 0.6 is 23.2 Å². The lowest BCUT2D eigenvalue weighted by atomic mass is 10.2. The number of hydrogen-bond acceptors (Lipinski definition) is 5. The molecule has 0 aliphatic rings. The highest BCUT2D eigenvalue weighted by atomic mass is 35.5. The van der Waals surface area contributed by atoms with Gasteiger partial charge in [0.15, 0.2) is 6.61 Å². The Kier molecular flexibility index (Phi) is 9.11. The number of hydrazone groups is 1. The van der Waals surface area contributed by atoms with Crippen molar-refractivity contribution < 1.29 is 19.1 Å². The molecule has 0 saturated carbocycles. The van der Waals surface area contributed by atoms with Gasteiger partial charge in [0.05, 0.1) is 21.9 Å². The Morgan fingerprint density at radius 3 is 2.50 bits per heavy atom. The Balaban J connectivity index is 1.80. The predicted octanol–water partition coefficient (Wildman–Crippen LogP) is 2.99. The smallest absolute Gasteiger partial charge is 0.329 e. The minimum Gasteiger partial charge on any atom is -0.484 e. The molecule has 0 aromatic heterocycles. The molecule has 8 nitrogen and oxygen atoms in total. The lowest BCUT2D eigenvalue weighted by Crippen LogP contribution is -2.38. The first kappa shape index (κ1) is 23.2. The van der Waals surface area contributed by atoms with Crippen molar-refractivity contribution in [3.63, 3.8) is 0 Å². The third kappa shape index (κ3) is 7.38. The Bertz CT molecular complexity index is 933. The Labute approximate surface area is 183 Å². The molecule has 0 saturated heterocycles. The van der Waals surface area contributed by atoms with Gasteiger partial charge in [-0.2, -0.15) is 5.10 Å². The van der Waals surface area contributed by atoms with E-state index in [9.17, 15) is 14.4 Å². The van der Waals surface area contributed by atoms with Crippen LogP contribution in [0.2, 0.25) is 10.0 Å². The highest BCUT2D eigenvalue weighted by Crippen LogP contribution is 2.29. The summed E-state index contributed by atoms with van der Waals surface area (Å²) in [6.07, 6.45) is 2.11. The number of benzene rings is 2. The molecule has 0 heterocycles. The molecule has 0 fully saturated rings. The maximum Gasteiger partial charge on any atom is 0.329 e. The van der Waals surface area contributed by atoms with Crippen LogP contribution in [0.3, 0.4) is 0 Å². The van der Waals surface area contributed by atoms with Crippen LogP contribution in [0.5, 0.6) is 5.75 Å². The Hall–Kier alpha value is -3.10. The number of hydrogen-bond donors (Lipinski definition) is 3. The fourth-order valence-electron chi connectivity index (χ4n) is 2.12. The summed E-state index contributed by atoms with van der Waals surface area (Å²) in [5.74, 6) is -1.52. The van der Waals surface area contributed by atoms with Crippen LogP contribution in [0.25, 0.3) is 0 Å². The van der Waals surface area contributed by atoms with E-state index in [4.69, 9.17) is 27.9 Å². The van der Waals surface area contributed by atoms with Crippen LogP contribution in [-0.2, 0) is 14.4 Å². The van der Waals surface area contributed by atoms with Crippen molar-refractivity contribution in [3.8, 4) is 5.75 Å². The van der Waals surface area contributed by atoms with E-state index in [0.29, 0.717) is 28.6 Å². The summed E-state index contributed by atoms with van der Waals surface area (Å²) in [5, 5.41) is 9.38. The standard InChI is InChI=1S/C20H20Cl2N4O4/c1-2-10-23-19(28)20(29)26-24-11-13-6-8-14(9-7-13)30-12-17(27)25-16-5-3-4-15(21)18(16)22/h3-9,11H,2,10,12H2,1H3,(H,23,28)(H,25,27)(H,26,29)/b24-11-. The van der Waals surface area contributed by atoms with Gasteiger partial charge in [-0.3, -0.25) is 14.4 Å². The van der Waals surface area contributed by atoms with Gasteiger partial charge < -0.3 is 15.4 Å². The molecule has 10 heteroatoms. The lowest BCUT2D eigenvalue weighted by Gasteiger charge is -2.09. The number of ether oxygens (including phenoxy) is 1. The van der Waals surface area contributed by atoms with E-state index in [-0.39, 0.29) is 11.6 Å². The van der Waals surface area contributed by atoms with Crippen LogP contribution in [0.4, 0.5) is 5.69 Å². The second-order valence-corrected chi connectivity index (χ2v) is 6.75. The molecule has 0 atom stereocenters. The molecule has 158 valence electrons. The van der Waals surface area contributed by atoms with Crippen molar-refractivity contribution in [2.75, 3.05) is 18.5 Å². The van der Waals surface area contributed by atoms with E-state index in [1.807, 2.05) is 6.92 Å². The van der Waals surface area contributed by atoms with Crippen molar-refractivity contribution in [1.29, 1.82) is 0 Å². The lowest BCUT2D eigenvalue weighted by molar-refractivity contribution is -0.139. The van der Waals surface area contributed by atoms with Gasteiger partial charge in [0.25, 0.3) is 5.91 Å². The molecule has 3 N–H and O–H groups in total. The summed E-state index contributed by atoms with van der Waals surface area (Å²) in [6, 6.07) is 11.5. The maximum atomic E-state index is 12.0. The molecule has 2 aromatic rings. The molecule has 0 unspecified atom stereocenters. The van der Waals surface area contributed by atoms with Gasteiger partial charge in [-0.1, -0.05) is 36.2 Å². The van der Waals surface area contributed by atoms with Gasteiger partial charge >= 0.3 is 11.8 Å². The zero-order valence-corrected chi connectivity index (χ0v) is 17.6. The van der Waals surface area contributed by atoms with Crippen molar-refractivity contribution in [2.45, 2.75) is 13.3 Å². The average Bonchev–Trinajstić information content (AvgIpc) is 2.74. The van der Waals surface area contributed by atoms with Gasteiger partial charge in [-0.15, -0.1) is 0 Å². The van der Waals surface area contributed by atoms with Crippen molar-refractivity contribution in [3.05, 3.63) is 58.1 Å². The molecule has 0 radical (unpaired) electrons. The fraction of sp³-hybridized carbons (Fsp3) is 0.200. The van der Waals surface area contributed by atoms with E-state index in [2.05, 4.69) is 21.2 Å². The van der Waals surface area contributed by atoms with Crippen LogP contribution < -0.4 is 20.8 Å². The van der Waals surface area contributed by atoms with Gasteiger partial charge in [0.1, 0.15) is 5.75 Å². The summed E-state index contributed by atoms with van der Waals surface area (Å²) < 4.78 is 5.42. The topological polar surface area (TPSA) is 109 Å². The van der Waals surface area contributed by atoms with Crippen molar-refractivity contribution >= 4 is 52.8 Å². The molecule has 0 bridgehead atoms. The van der Waals surface area contributed by atoms with Crippen LogP contribution in [0.15, 0.2) is 47.6 Å². The number of nitrogens with one attached hydrogen (secondary N) is 3. The first-order valence-electron chi connectivity index (χ1n) is 8.98. The van der Waals surface area contributed by atoms with E-state index in [0.717, 1.165) is 6.42 Å². The average molecular weight is 451 g/mol. The number of nitrogens with zero attached hydrogens (tertiary/aromatic N) is 1. The summed E-state index contributed by atoms with van der Waals surface area (Å²) in [6.45, 7) is 2.08. The zero-order valence-electron chi connectivity index (χ0n) is 16.1. The highest BCUT2D eigenvalue weighted by molar-refractivity contribution is 6.44. The van der Waals surface area contributed by atoms with Gasteiger partial charge in [-0.25, -0.2) is 5.43 Å². The maximum absolute atomic E-state index is 12.0. The Morgan fingerprint density at radius 2 is 1.80 bits per heavy atom. The first-order chi connectivity index (χ1) is 14.4. The highest BCUT2D eigenvalue weighted by Gasteiger charge is 2.11. The summed E-state index contributed by atoms with van der Waals surface area (Å²) >= 11 is 11.9. The summed E-state index contributed by atoms with van der Waals surface area (Å²) in [4.78, 5) is 34.9. The van der Waals surface area contributed by atoms with Gasteiger partial charge in [0, 0.05) is 6.54 Å². The summed E-state index contributed by atoms with van der Waals surface area (Å²) in [7, 11) is 0. The van der Waals surface area contributed by atoms with E-state index >= 15 is 0 Å². The molecule has 0 aliphatic heterocycles. The zero-order chi connectivity index (χ0) is 21.9. The van der Waals surface area contributed by atoms with E-state index in [1.54, 1.807) is 42.5 Å². The number of carbonyl (C=O) groups excluding carboxylic acids is 3. The number of rotatable bonds is 8. The molecule has 2 rings (SSSR count). The van der Waals surface area contributed by atoms with Crippen LogP contribution in [-0.4, -0.2) is 37.1 Å². The Morgan fingerprint density at radius 1 is 1.07 bits per heavy atom. The number of carbonyl (C=O) groups is 3. The van der Waals surface area contributed by atoms with E-state index < -0.39 is 17.7 Å². The van der Waals surface area contributed by atoms with Crippen molar-refractivity contribution in [1.82, 2.24) is 10.7 Å². The number of amides is 3. The molecule has 3 amide bonds. The van der Waals surface area contributed by atoms with Gasteiger partial charge in [-0.05, 0) is 48.4 Å². The normalized spacial score (nSPS) is 10.5. The monoisotopic (exact) mass is 450 g/mol. The molecular weight excluding hydrogens is 431 g/mol. The fourth-order valence-corrected chi connectivity index (χ4v) is 2.47. The van der Waals surface area contributed by atoms with Crippen LogP contribution in [0.1, 0.15) is 18.9 Å². The molecule has 30 heavy (non-hydrogen) atoms. The molecular formula is C20H20Cl2N4O4. The summed E-state index contributed by atoms with van der Waals surface area (Å²) in [5.41, 5.74) is 3.20. The largest absolute Gasteiger partial charge is 0.484 e. The SMILES string of the molecule is CCCNC(=O)C(=O)N/N=C\c1ccc(OCC(=O)Nc2cccc(Cl)c2Cl)cc1.